The first kappa shape index (κ1) is 16.7. The molecule has 2 amide bonds. The van der Waals surface area contributed by atoms with Crippen molar-refractivity contribution in [1.82, 2.24) is 9.21 Å². The number of urea groups is 1. The summed E-state index contributed by atoms with van der Waals surface area (Å²) in [4.78, 5) is 14.1. The summed E-state index contributed by atoms with van der Waals surface area (Å²) in [6.07, 6.45) is 0.742. The molecule has 0 saturated carbocycles. The zero-order chi connectivity index (χ0) is 16.5. The van der Waals surface area contributed by atoms with Crippen molar-refractivity contribution in [1.29, 1.82) is 0 Å². The van der Waals surface area contributed by atoms with Crippen LogP contribution in [-0.4, -0.2) is 56.4 Å². The predicted molar refractivity (Wildman–Crippen MR) is 85.1 cm³/mol. The summed E-state index contributed by atoms with van der Waals surface area (Å²) in [7, 11) is -0.718. The number of rotatable bonds is 3. The molecule has 22 heavy (non-hydrogen) atoms. The number of hydrogen-bond donors (Lipinski definition) is 2. The molecule has 1 saturated heterocycles. The minimum absolute atomic E-state index is 0.0495. The van der Waals surface area contributed by atoms with Crippen LogP contribution >= 0.6 is 0 Å². The number of sulfonamides is 1. The van der Waals surface area contributed by atoms with Crippen molar-refractivity contribution < 1.29 is 13.2 Å². The first-order valence-electron chi connectivity index (χ1n) is 7.10. The molecule has 1 aliphatic rings. The van der Waals surface area contributed by atoms with E-state index < -0.39 is 10.0 Å². The summed E-state index contributed by atoms with van der Waals surface area (Å²) in [5, 5.41) is 2.69. The van der Waals surface area contributed by atoms with Crippen molar-refractivity contribution in [3.05, 3.63) is 24.3 Å². The summed E-state index contributed by atoms with van der Waals surface area (Å²) in [6, 6.07) is 5.91. The number of likely N-dealkylation sites (tertiary alicyclic amines) is 1. The molecule has 7 nitrogen and oxygen atoms in total. The molecule has 0 aromatic heterocycles. The maximum Gasteiger partial charge on any atom is 0.322 e. The first-order chi connectivity index (χ1) is 10.2. The second kappa shape index (κ2) is 6.23. The molecule has 1 aliphatic heterocycles. The van der Waals surface area contributed by atoms with Crippen LogP contribution in [-0.2, 0) is 10.0 Å². The Bertz CT molecular complexity index is 660. The Hall–Kier alpha value is -1.64. The molecule has 0 aliphatic carbocycles. The lowest BCUT2D eigenvalue weighted by Crippen LogP contribution is -2.42. The highest BCUT2D eigenvalue weighted by Crippen LogP contribution is 2.24. The van der Waals surface area contributed by atoms with Gasteiger partial charge in [-0.25, -0.2) is 17.5 Å². The maximum absolute atomic E-state index is 12.4. The summed E-state index contributed by atoms with van der Waals surface area (Å²) < 4.78 is 25.7. The Kier molecular flexibility index (Phi) is 4.74. The van der Waals surface area contributed by atoms with Crippen molar-refractivity contribution >= 4 is 21.7 Å². The summed E-state index contributed by atoms with van der Waals surface area (Å²) in [5.74, 6) is 0. The van der Waals surface area contributed by atoms with Gasteiger partial charge < -0.3 is 16.0 Å². The van der Waals surface area contributed by atoms with Gasteiger partial charge in [-0.3, -0.25) is 0 Å². The highest BCUT2D eigenvalue weighted by molar-refractivity contribution is 7.89. The van der Waals surface area contributed by atoms with Gasteiger partial charge in [0.2, 0.25) is 10.0 Å². The van der Waals surface area contributed by atoms with Crippen molar-refractivity contribution in [2.75, 3.05) is 26.0 Å². The lowest BCUT2D eigenvalue weighted by molar-refractivity contribution is 0.208. The van der Waals surface area contributed by atoms with E-state index in [0.29, 0.717) is 6.54 Å². The van der Waals surface area contributed by atoms with Crippen molar-refractivity contribution in [2.45, 2.75) is 30.3 Å². The van der Waals surface area contributed by atoms with E-state index in [9.17, 15) is 13.2 Å². The Morgan fingerprint density at radius 3 is 2.55 bits per heavy atom. The van der Waals surface area contributed by atoms with Gasteiger partial charge in [0.05, 0.1) is 5.69 Å². The summed E-state index contributed by atoms with van der Waals surface area (Å²) in [5.41, 5.74) is 6.19. The molecular formula is C14H22N4O3S. The molecule has 1 aromatic rings. The highest BCUT2D eigenvalue weighted by atomic mass is 32.2. The largest absolute Gasteiger partial charge is 0.326 e. The topological polar surface area (TPSA) is 95.7 Å². The van der Waals surface area contributed by atoms with E-state index in [1.807, 2.05) is 6.92 Å². The molecule has 1 fully saturated rings. The monoisotopic (exact) mass is 326 g/mol. The lowest BCUT2D eigenvalue weighted by atomic mass is 10.2. The van der Waals surface area contributed by atoms with Crippen LogP contribution in [0.5, 0.6) is 0 Å². The average Bonchev–Trinajstić information content (AvgIpc) is 2.79. The van der Waals surface area contributed by atoms with Crippen LogP contribution in [0, 0.1) is 0 Å². The Morgan fingerprint density at radius 1 is 1.36 bits per heavy atom. The fraction of sp³-hybridized carbons (Fsp3) is 0.500. The van der Waals surface area contributed by atoms with Gasteiger partial charge in [-0.15, -0.1) is 0 Å². The van der Waals surface area contributed by atoms with Gasteiger partial charge in [0.25, 0.3) is 0 Å². The number of carbonyl (C=O) groups is 1. The molecule has 2 atom stereocenters. The SMILES string of the molecule is C[C@H]1[C@@H](N)CCN1C(=O)Nc1ccccc1S(=O)(=O)N(C)C. The predicted octanol–water partition coefficient (Wildman–Crippen LogP) is 0.890. The van der Waals surface area contributed by atoms with Gasteiger partial charge in [-0.2, -0.15) is 0 Å². The molecular weight excluding hydrogens is 304 g/mol. The van der Waals surface area contributed by atoms with Crippen molar-refractivity contribution in [3.63, 3.8) is 0 Å². The Balaban J connectivity index is 2.26. The van der Waals surface area contributed by atoms with Gasteiger partial charge in [0, 0.05) is 32.7 Å². The normalized spacial score (nSPS) is 22.1. The van der Waals surface area contributed by atoms with Gasteiger partial charge in [0.15, 0.2) is 0 Å². The van der Waals surface area contributed by atoms with Gasteiger partial charge in [-0.05, 0) is 25.5 Å². The summed E-state index contributed by atoms with van der Waals surface area (Å²) >= 11 is 0. The molecule has 0 spiro atoms. The van der Waals surface area contributed by atoms with E-state index in [0.717, 1.165) is 10.7 Å². The van der Waals surface area contributed by atoms with E-state index in [2.05, 4.69) is 5.32 Å². The van der Waals surface area contributed by atoms with Crippen LogP contribution in [0.4, 0.5) is 10.5 Å². The van der Waals surface area contributed by atoms with Crippen molar-refractivity contribution in [2.24, 2.45) is 5.73 Å². The van der Waals surface area contributed by atoms with E-state index in [4.69, 9.17) is 5.73 Å². The van der Waals surface area contributed by atoms with Crippen LogP contribution < -0.4 is 11.1 Å². The maximum atomic E-state index is 12.4. The molecule has 0 unspecified atom stereocenters. The number of nitrogens with one attached hydrogen (secondary N) is 1. The van der Waals surface area contributed by atoms with Crippen LogP contribution in [0.25, 0.3) is 0 Å². The average molecular weight is 326 g/mol. The smallest absolute Gasteiger partial charge is 0.322 e. The van der Waals surface area contributed by atoms with E-state index >= 15 is 0 Å². The number of benzene rings is 1. The van der Waals surface area contributed by atoms with E-state index in [1.54, 1.807) is 23.1 Å². The lowest BCUT2D eigenvalue weighted by Gasteiger charge is -2.24. The molecule has 8 heteroatoms. The zero-order valence-corrected chi connectivity index (χ0v) is 13.8. The van der Waals surface area contributed by atoms with Gasteiger partial charge in [0.1, 0.15) is 4.90 Å². The number of anilines is 1. The minimum Gasteiger partial charge on any atom is -0.326 e. The van der Waals surface area contributed by atoms with Crippen molar-refractivity contribution in [3.8, 4) is 0 Å². The number of nitrogens with zero attached hydrogens (tertiary/aromatic N) is 2. The van der Waals surface area contributed by atoms with Crippen LogP contribution in [0.1, 0.15) is 13.3 Å². The molecule has 0 radical (unpaired) electrons. The summed E-state index contributed by atoms with van der Waals surface area (Å²) in [6.45, 7) is 2.45. The molecule has 3 N–H and O–H groups in total. The van der Waals surface area contributed by atoms with Crippen LogP contribution in [0.3, 0.4) is 0 Å². The quantitative estimate of drug-likeness (QED) is 0.862. The first-order valence-corrected chi connectivity index (χ1v) is 8.54. The van der Waals surface area contributed by atoms with Crippen LogP contribution in [0.15, 0.2) is 29.2 Å². The van der Waals surface area contributed by atoms with Gasteiger partial charge in [-0.1, -0.05) is 12.1 Å². The van der Waals surface area contributed by atoms with Gasteiger partial charge >= 0.3 is 6.03 Å². The number of nitrogens with two attached hydrogens (primary N) is 1. The zero-order valence-electron chi connectivity index (χ0n) is 13.0. The fourth-order valence-electron chi connectivity index (χ4n) is 2.43. The molecule has 0 bridgehead atoms. The molecule has 1 heterocycles. The number of carbonyl (C=O) groups excluding carboxylic acids is 1. The Morgan fingerprint density at radius 2 is 2.00 bits per heavy atom. The number of amides is 2. The highest BCUT2D eigenvalue weighted by Gasteiger charge is 2.32. The van der Waals surface area contributed by atoms with E-state index in [-0.39, 0.29) is 28.7 Å². The fourth-order valence-corrected chi connectivity index (χ4v) is 3.47. The third kappa shape index (κ3) is 3.08. The third-order valence-electron chi connectivity index (χ3n) is 3.96. The second-order valence-corrected chi connectivity index (χ2v) is 7.72. The van der Waals surface area contributed by atoms with E-state index in [1.165, 1.54) is 20.2 Å². The molecule has 122 valence electrons. The number of para-hydroxylation sites is 1. The number of hydrogen-bond acceptors (Lipinski definition) is 4. The van der Waals surface area contributed by atoms with Crippen LogP contribution in [0.2, 0.25) is 0 Å². The Labute approximate surface area is 131 Å². The molecule has 1 aromatic carbocycles. The minimum atomic E-state index is -3.63. The second-order valence-electron chi connectivity index (χ2n) is 5.60. The molecule has 2 rings (SSSR count). The standard InChI is InChI=1S/C14H22N4O3S/c1-10-11(15)8-9-18(10)14(19)16-12-6-4-5-7-13(12)22(20,21)17(2)3/h4-7,10-11H,8-9,15H2,1-3H3,(H,16,19)/t10-,11-/m0/s1. The third-order valence-corrected chi connectivity index (χ3v) is 5.84.